The molecule has 0 spiro atoms. The number of methoxy groups -OCH3 is 5. The number of aryl methyl sites for hydroxylation is 3. The molecule has 6 heterocycles. The van der Waals surface area contributed by atoms with E-state index in [0.29, 0.717) is 102 Å². The van der Waals surface area contributed by atoms with E-state index >= 15 is 0 Å². The van der Waals surface area contributed by atoms with Gasteiger partial charge in [0.2, 0.25) is 5.91 Å². The molecule has 12 N–H and O–H groups in total. The van der Waals surface area contributed by atoms with E-state index in [-0.39, 0.29) is 59.2 Å². The van der Waals surface area contributed by atoms with Crippen molar-refractivity contribution in [3.05, 3.63) is 294 Å². The average Bonchev–Trinajstić information content (AvgIpc) is 1.83. The van der Waals surface area contributed by atoms with Crippen LogP contribution in [0.2, 0.25) is 0 Å². The third-order valence-corrected chi connectivity index (χ3v) is 21.4. The first-order valence-electron chi connectivity index (χ1n) is 41.7. The molecule has 5 aromatic heterocycles. The molecule has 10 aromatic carbocycles. The second kappa shape index (κ2) is 44.3. The molecule has 1 aliphatic heterocycles. The Morgan fingerprint density at radius 3 is 1.17 bits per heavy atom. The number of halogens is 2. The zero-order valence-corrected chi connectivity index (χ0v) is 73.8. The Morgan fingerprint density at radius 1 is 0.466 bits per heavy atom. The molecule has 15 aromatic rings. The number of rotatable bonds is 26. The summed E-state index contributed by atoms with van der Waals surface area (Å²) in [5, 5.41) is 76.1. The monoisotopic (exact) mass is 1770 g/mol. The Labute approximate surface area is 753 Å². The lowest BCUT2D eigenvalue weighted by Crippen LogP contribution is -2.42. The molecule has 670 valence electrons. The lowest BCUT2D eigenvalue weighted by atomic mass is 10.0. The van der Waals surface area contributed by atoms with Gasteiger partial charge >= 0.3 is 5.97 Å². The predicted octanol–water partition coefficient (Wildman–Crippen LogP) is 17.7. The fraction of sp³-hybridized carbons (Fsp3) is 0.198. The fourth-order valence-corrected chi connectivity index (χ4v) is 14.2. The summed E-state index contributed by atoms with van der Waals surface area (Å²) in [6, 6.07) is 54.7. The smallest absolute Gasteiger partial charge is 0.339 e. The van der Waals surface area contributed by atoms with E-state index in [1.54, 1.807) is 92.1 Å². The van der Waals surface area contributed by atoms with Gasteiger partial charge < -0.3 is 60.3 Å². The highest BCUT2D eigenvalue weighted by Gasteiger charge is 2.27. The second-order valence-corrected chi connectivity index (χ2v) is 30.8. The van der Waals surface area contributed by atoms with E-state index in [9.17, 15) is 48.2 Å². The van der Waals surface area contributed by atoms with Crippen LogP contribution in [0.1, 0.15) is 154 Å². The molecule has 28 nitrogen and oxygen atoms in total. The quantitative estimate of drug-likeness (QED) is 0.0240. The number of carboxylic acids is 1. The third-order valence-electron chi connectivity index (χ3n) is 21.4. The Kier molecular flexibility index (Phi) is 31.8. The van der Waals surface area contributed by atoms with E-state index in [1.807, 2.05) is 119 Å². The first-order chi connectivity index (χ1) is 63.3. The van der Waals surface area contributed by atoms with Gasteiger partial charge in [0.1, 0.15) is 58.1 Å². The Hall–Kier alpha value is -16.1. The van der Waals surface area contributed by atoms with Crippen molar-refractivity contribution in [3.8, 4) is 34.8 Å². The van der Waals surface area contributed by atoms with Crippen LogP contribution in [-0.2, 0) is 9.53 Å². The summed E-state index contributed by atoms with van der Waals surface area (Å²) in [4.78, 5) is 60.7. The van der Waals surface area contributed by atoms with Crippen molar-refractivity contribution in [1.29, 1.82) is 5.26 Å². The maximum atomic E-state index is 13.1. The van der Waals surface area contributed by atoms with Crippen LogP contribution in [0, 0.1) is 49.7 Å². The van der Waals surface area contributed by atoms with Gasteiger partial charge in [0.25, 0.3) is 17.7 Å². The second-order valence-electron chi connectivity index (χ2n) is 30.8. The van der Waals surface area contributed by atoms with Crippen LogP contribution in [0.15, 0.2) is 182 Å². The first kappa shape index (κ1) is 94.0. The van der Waals surface area contributed by atoms with Crippen LogP contribution in [-0.4, -0.2) is 164 Å². The number of aromatic amines is 5. The normalized spacial score (nSPS) is 12.9. The number of nitrogens with two attached hydrogens (primary N) is 1. The number of hydrogen-bond donors (Lipinski definition) is 11. The number of H-pyrrole nitrogens is 5. The van der Waals surface area contributed by atoms with E-state index in [4.69, 9.17) is 34.2 Å². The highest BCUT2D eigenvalue weighted by Crippen LogP contribution is 2.38. The van der Waals surface area contributed by atoms with Crippen LogP contribution in [0.4, 0.5) is 8.78 Å². The highest BCUT2D eigenvalue weighted by atomic mass is 19.1. The average molecular weight is 1770 g/mol. The number of aliphatic hydroxyl groups is 1. The zero-order valence-electron chi connectivity index (χ0n) is 73.8. The number of nitrogens with zero attached hydrogens (tertiary/aromatic N) is 6. The molecule has 16 rings (SSSR count). The molecule has 0 bridgehead atoms. The SMILES string of the molecule is COc1c(C#N)ccc2[nH]nc(/C=C/c3ccc(C)cc3)c12.COc1c(C(=O)NCC2CCCO2)ccc2n[nH]c(/C=C/c3ccc(F)cc3)c12.COc1c(C(=O)N[C@@H](C)C(N)=O)ccc2n[nH]c(/C=C/c3ccc(F)cc3)c12.COc1c(C(=O)N[C@H](CO)C(C)C)ccc2n[nH]c(/C=C/c3ccc(C)cc3)c12.COc1c(C(=O)O)ccc2n[nH]c(/C=C/c3ccc(C)cc3)c12. The van der Waals surface area contributed by atoms with Gasteiger partial charge in [-0.1, -0.05) is 158 Å². The molecule has 1 saturated heterocycles. The van der Waals surface area contributed by atoms with Gasteiger partial charge in [-0.2, -0.15) is 30.8 Å². The number of benzene rings is 10. The van der Waals surface area contributed by atoms with Crippen molar-refractivity contribution in [2.45, 2.75) is 72.6 Å². The number of hydrogen-bond acceptors (Lipinski definition) is 18. The largest absolute Gasteiger partial charge is 0.495 e. The number of fused-ring (bicyclic) bond motifs is 5. The van der Waals surface area contributed by atoms with Gasteiger partial charge in [-0.3, -0.25) is 44.7 Å². The number of carbonyl (C=O) groups excluding carboxylic acids is 4. The number of amides is 4. The summed E-state index contributed by atoms with van der Waals surface area (Å²) in [6.07, 6.45) is 20.9. The number of nitrogens with one attached hydrogen (secondary N) is 8. The van der Waals surface area contributed by atoms with Gasteiger partial charge in [0.05, 0.1) is 160 Å². The fourth-order valence-electron chi connectivity index (χ4n) is 14.2. The topological polar surface area (TPSA) is 410 Å². The van der Waals surface area contributed by atoms with Gasteiger partial charge in [-0.05, 0) is 190 Å². The molecule has 4 amide bonds. The van der Waals surface area contributed by atoms with Crippen molar-refractivity contribution in [2.75, 3.05) is 55.3 Å². The van der Waals surface area contributed by atoms with Crippen LogP contribution in [0.3, 0.4) is 0 Å². The molecule has 1 fully saturated rings. The maximum Gasteiger partial charge on any atom is 0.339 e. The first-order valence-corrected chi connectivity index (χ1v) is 41.7. The number of carboxylic acid groups (broad SMARTS) is 1. The molecular formula is C101H99F2N15O13. The minimum absolute atomic E-state index is 0.0665. The molecule has 3 atom stereocenters. The maximum absolute atomic E-state index is 13.1. The standard InChI is InChI=1S/C23H27N3O3.C22H22FN3O3.C20H19FN4O3.C18H15N3O.C18H16N2O3/c1-14(2)20(13-27)24-23(28)17-10-12-19-21(22(17)29-4)18(25-26-19)11-9-16-7-5-15(3)6-8-16;1-28-21-17(22(27)24-13-16-3-2-12-29-16)9-11-19-20(21)18(25-26-19)10-6-14-4-7-15(23)8-5-14;1-11(19(22)26)23-20(27)14-8-10-16-17(18(14)28-2)15(24-25-16)9-5-12-3-6-13(21)7-4-12;1-12-3-5-13(6-4-12)7-9-15-17-16(21-20-15)10-8-14(11-19)18(17)22-2;1-11-3-5-12(6-4-11)7-9-14-16-15(20-19-14)10-8-13(18(21)22)17(16)23-2/h5-12,14,20,27H,13H2,1-4H3,(H,24,28)(H,25,26);4-11,16H,2-3,12-13H2,1H3,(H,24,27)(H,25,26);3-11H,1-2H3,(H2,22,26)(H,23,27)(H,24,25);3-10H,1-2H3,(H,20,21);3-10H,1-2H3,(H,19,20)(H,21,22)/b11-9+;10-6+;9-5+;2*9-7+/t20-;;11-;;/m1.0../s1. The molecule has 131 heavy (non-hydrogen) atoms. The minimum atomic E-state index is -1.03. The number of aromatic nitrogens is 10. The zero-order chi connectivity index (χ0) is 93.4. The Bertz CT molecular complexity index is 6780. The van der Waals surface area contributed by atoms with Gasteiger partial charge in [-0.15, -0.1) is 0 Å². The van der Waals surface area contributed by atoms with Crippen LogP contribution < -0.4 is 45.4 Å². The lowest BCUT2D eigenvalue weighted by Gasteiger charge is -2.20. The highest BCUT2D eigenvalue weighted by molar-refractivity contribution is 6.09. The summed E-state index contributed by atoms with van der Waals surface area (Å²) in [5.41, 5.74) is 22.5. The molecule has 0 radical (unpaired) electrons. The molecule has 30 heteroatoms. The Morgan fingerprint density at radius 2 is 0.824 bits per heavy atom. The minimum Gasteiger partial charge on any atom is -0.495 e. The number of aromatic carboxylic acids is 1. The van der Waals surface area contributed by atoms with Gasteiger partial charge in [0.15, 0.2) is 0 Å². The van der Waals surface area contributed by atoms with Gasteiger partial charge in [-0.25, -0.2) is 13.6 Å². The third kappa shape index (κ3) is 23.4. The Balaban J connectivity index is 0.000000149. The van der Waals surface area contributed by atoms with Crippen molar-refractivity contribution in [1.82, 2.24) is 66.9 Å². The molecule has 1 unspecified atom stereocenters. The summed E-state index contributed by atoms with van der Waals surface area (Å²) in [5.74, 6) is -1.04. The summed E-state index contributed by atoms with van der Waals surface area (Å²) < 4.78 is 59.1. The van der Waals surface area contributed by atoms with E-state index in [1.165, 1.54) is 82.4 Å². The van der Waals surface area contributed by atoms with Crippen molar-refractivity contribution < 1.29 is 71.4 Å². The number of nitriles is 1. The molecule has 0 saturated carbocycles. The van der Waals surface area contributed by atoms with Crippen molar-refractivity contribution in [3.63, 3.8) is 0 Å². The summed E-state index contributed by atoms with van der Waals surface area (Å²) in [6.45, 7) is 12.6. The summed E-state index contributed by atoms with van der Waals surface area (Å²) in [7, 11) is 7.55. The molecular weight excluding hydrogens is 1670 g/mol. The predicted molar refractivity (Wildman–Crippen MR) is 506 cm³/mol. The number of carbonyl (C=O) groups is 5. The number of ether oxygens (including phenoxy) is 6. The summed E-state index contributed by atoms with van der Waals surface area (Å²) >= 11 is 0. The van der Waals surface area contributed by atoms with Gasteiger partial charge in [0, 0.05) is 13.2 Å². The molecule has 1 aliphatic rings. The van der Waals surface area contributed by atoms with E-state index < -0.39 is 23.8 Å². The van der Waals surface area contributed by atoms with Crippen molar-refractivity contribution >= 4 is 145 Å². The lowest BCUT2D eigenvalue weighted by molar-refractivity contribution is -0.119. The number of primary amides is 1. The van der Waals surface area contributed by atoms with Crippen LogP contribution >= 0.6 is 0 Å². The van der Waals surface area contributed by atoms with E-state index in [2.05, 4.69) is 116 Å². The van der Waals surface area contributed by atoms with E-state index in [0.717, 1.165) is 80.3 Å². The number of aliphatic hydroxyl groups excluding tert-OH is 1. The molecule has 0 aliphatic carbocycles. The van der Waals surface area contributed by atoms with Crippen LogP contribution in [0.25, 0.3) is 115 Å². The van der Waals surface area contributed by atoms with Crippen LogP contribution in [0.5, 0.6) is 28.7 Å². The van der Waals surface area contributed by atoms with Crippen molar-refractivity contribution in [2.24, 2.45) is 11.7 Å².